The highest BCUT2D eigenvalue weighted by Crippen LogP contribution is 2.23. The van der Waals surface area contributed by atoms with Crippen LogP contribution in [0.15, 0.2) is 30.6 Å². The summed E-state index contributed by atoms with van der Waals surface area (Å²) in [7, 11) is 0. The topological polar surface area (TPSA) is 61.8 Å². The van der Waals surface area contributed by atoms with Gasteiger partial charge in [-0.25, -0.2) is 4.98 Å². The first-order chi connectivity index (χ1) is 8.47. The Morgan fingerprint density at radius 1 is 1.22 bits per heavy atom. The van der Waals surface area contributed by atoms with E-state index in [0.717, 1.165) is 5.56 Å². The highest BCUT2D eigenvalue weighted by molar-refractivity contribution is 5.28. The highest BCUT2D eigenvalue weighted by atomic mass is 16.3. The van der Waals surface area contributed by atoms with Crippen LogP contribution in [0.2, 0.25) is 0 Å². The lowest BCUT2D eigenvalue weighted by Gasteiger charge is -2.19. The summed E-state index contributed by atoms with van der Waals surface area (Å²) in [4.78, 5) is 3.95. The lowest BCUT2D eigenvalue weighted by atomic mass is 9.86. The first kappa shape index (κ1) is 12.8. The van der Waals surface area contributed by atoms with E-state index < -0.39 is 6.10 Å². The van der Waals surface area contributed by atoms with Gasteiger partial charge in [0.05, 0.1) is 0 Å². The Labute approximate surface area is 107 Å². The summed E-state index contributed by atoms with van der Waals surface area (Å²) < 4.78 is 0. The van der Waals surface area contributed by atoms with Gasteiger partial charge in [0, 0.05) is 6.42 Å². The Morgan fingerprint density at radius 2 is 1.89 bits per heavy atom. The summed E-state index contributed by atoms with van der Waals surface area (Å²) in [6, 6.07) is 8.34. The van der Waals surface area contributed by atoms with Gasteiger partial charge in [0.15, 0.2) is 5.82 Å². The number of H-pyrrole nitrogens is 1. The quantitative estimate of drug-likeness (QED) is 0.872. The third-order valence-corrected chi connectivity index (χ3v) is 3.00. The summed E-state index contributed by atoms with van der Waals surface area (Å²) in [5.74, 6) is 0.509. The Bertz CT molecular complexity index is 483. The average Bonchev–Trinajstić information content (AvgIpc) is 2.82. The predicted octanol–water partition coefficient (Wildman–Crippen LogP) is 2.38. The molecule has 0 saturated carbocycles. The SMILES string of the molecule is CC(C)(C)c1ccc(CC(O)c2ncn[nH]2)cc1. The van der Waals surface area contributed by atoms with Crippen LogP contribution in [0, 0.1) is 0 Å². The van der Waals surface area contributed by atoms with Gasteiger partial charge in [-0.2, -0.15) is 5.10 Å². The van der Waals surface area contributed by atoms with Gasteiger partial charge in [-0.15, -0.1) is 0 Å². The van der Waals surface area contributed by atoms with Crippen molar-refractivity contribution in [3.05, 3.63) is 47.5 Å². The van der Waals surface area contributed by atoms with E-state index in [1.807, 2.05) is 0 Å². The van der Waals surface area contributed by atoms with Gasteiger partial charge >= 0.3 is 0 Å². The molecule has 4 heteroatoms. The van der Waals surface area contributed by atoms with E-state index in [9.17, 15) is 5.11 Å². The molecule has 1 aromatic heterocycles. The van der Waals surface area contributed by atoms with Crippen molar-refractivity contribution >= 4 is 0 Å². The van der Waals surface area contributed by atoms with Crippen LogP contribution in [0.25, 0.3) is 0 Å². The Hall–Kier alpha value is -1.68. The number of aromatic nitrogens is 3. The van der Waals surface area contributed by atoms with Gasteiger partial charge < -0.3 is 5.11 Å². The molecule has 18 heavy (non-hydrogen) atoms. The minimum Gasteiger partial charge on any atom is -0.385 e. The minimum atomic E-state index is -0.631. The number of nitrogens with one attached hydrogen (secondary N) is 1. The van der Waals surface area contributed by atoms with Gasteiger partial charge in [-0.3, -0.25) is 5.10 Å². The molecule has 0 saturated heterocycles. The normalized spacial score (nSPS) is 13.6. The number of aliphatic hydroxyl groups excluding tert-OH is 1. The van der Waals surface area contributed by atoms with Gasteiger partial charge in [0.2, 0.25) is 0 Å². The molecular weight excluding hydrogens is 226 g/mol. The van der Waals surface area contributed by atoms with E-state index in [4.69, 9.17) is 0 Å². The molecule has 0 amide bonds. The molecule has 0 aliphatic rings. The Balaban J connectivity index is 2.07. The maximum Gasteiger partial charge on any atom is 0.153 e. The molecule has 1 aromatic carbocycles. The largest absolute Gasteiger partial charge is 0.385 e. The number of hydrogen-bond donors (Lipinski definition) is 2. The molecule has 96 valence electrons. The fourth-order valence-electron chi connectivity index (χ4n) is 1.84. The molecule has 2 N–H and O–H groups in total. The lowest BCUT2D eigenvalue weighted by Crippen LogP contribution is -2.11. The number of aromatic amines is 1. The van der Waals surface area contributed by atoms with E-state index in [-0.39, 0.29) is 5.41 Å². The monoisotopic (exact) mass is 245 g/mol. The maximum atomic E-state index is 9.96. The average molecular weight is 245 g/mol. The van der Waals surface area contributed by atoms with Crippen molar-refractivity contribution in [1.82, 2.24) is 15.2 Å². The summed E-state index contributed by atoms with van der Waals surface area (Å²) in [5, 5.41) is 16.4. The number of benzene rings is 1. The fourth-order valence-corrected chi connectivity index (χ4v) is 1.84. The molecule has 2 rings (SSSR count). The van der Waals surface area contributed by atoms with Gasteiger partial charge in [0.25, 0.3) is 0 Å². The van der Waals surface area contributed by atoms with E-state index in [0.29, 0.717) is 12.2 Å². The molecule has 4 nitrogen and oxygen atoms in total. The molecular formula is C14H19N3O. The lowest BCUT2D eigenvalue weighted by molar-refractivity contribution is 0.169. The summed E-state index contributed by atoms with van der Waals surface area (Å²) >= 11 is 0. The van der Waals surface area contributed by atoms with Crippen LogP contribution in [0.3, 0.4) is 0 Å². The van der Waals surface area contributed by atoms with Crippen LogP contribution in [0.4, 0.5) is 0 Å². The second-order valence-corrected chi connectivity index (χ2v) is 5.54. The standard InChI is InChI=1S/C14H19N3O/c1-14(2,3)11-6-4-10(5-7-11)8-12(18)13-15-9-16-17-13/h4-7,9,12,18H,8H2,1-3H3,(H,15,16,17). The van der Waals surface area contributed by atoms with Gasteiger partial charge in [0.1, 0.15) is 12.4 Å². The van der Waals surface area contributed by atoms with Crippen molar-refractivity contribution in [2.45, 2.75) is 38.7 Å². The van der Waals surface area contributed by atoms with E-state index in [1.54, 1.807) is 0 Å². The Morgan fingerprint density at radius 3 is 2.39 bits per heavy atom. The van der Waals surface area contributed by atoms with Crippen molar-refractivity contribution in [2.24, 2.45) is 0 Å². The van der Waals surface area contributed by atoms with Gasteiger partial charge in [-0.1, -0.05) is 45.0 Å². The molecule has 2 aromatic rings. The van der Waals surface area contributed by atoms with Crippen molar-refractivity contribution in [1.29, 1.82) is 0 Å². The first-order valence-corrected chi connectivity index (χ1v) is 6.09. The number of hydrogen-bond acceptors (Lipinski definition) is 3. The maximum absolute atomic E-state index is 9.96. The second-order valence-electron chi connectivity index (χ2n) is 5.54. The van der Waals surface area contributed by atoms with Crippen molar-refractivity contribution in [2.75, 3.05) is 0 Å². The van der Waals surface area contributed by atoms with E-state index >= 15 is 0 Å². The van der Waals surface area contributed by atoms with Crippen LogP contribution in [-0.2, 0) is 11.8 Å². The molecule has 0 aliphatic heterocycles. The van der Waals surface area contributed by atoms with Crippen LogP contribution >= 0.6 is 0 Å². The van der Waals surface area contributed by atoms with Crippen LogP contribution < -0.4 is 0 Å². The summed E-state index contributed by atoms with van der Waals surface area (Å²) in [6.45, 7) is 6.56. The molecule has 0 fully saturated rings. The van der Waals surface area contributed by atoms with Crippen molar-refractivity contribution < 1.29 is 5.11 Å². The predicted molar refractivity (Wildman–Crippen MR) is 70.2 cm³/mol. The highest BCUT2D eigenvalue weighted by Gasteiger charge is 2.14. The van der Waals surface area contributed by atoms with Crippen molar-refractivity contribution in [3.8, 4) is 0 Å². The third kappa shape index (κ3) is 2.96. The molecule has 1 unspecified atom stereocenters. The minimum absolute atomic E-state index is 0.155. The number of aliphatic hydroxyl groups is 1. The number of rotatable bonds is 3. The summed E-state index contributed by atoms with van der Waals surface area (Å²) in [5.41, 5.74) is 2.54. The molecule has 0 aliphatic carbocycles. The zero-order valence-corrected chi connectivity index (χ0v) is 11.0. The number of nitrogens with zero attached hydrogens (tertiary/aromatic N) is 2. The molecule has 0 spiro atoms. The zero-order valence-electron chi connectivity index (χ0n) is 11.0. The van der Waals surface area contributed by atoms with Crippen LogP contribution in [0.1, 0.15) is 43.8 Å². The molecule has 1 atom stereocenters. The van der Waals surface area contributed by atoms with Crippen molar-refractivity contribution in [3.63, 3.8) is 0 Å². The van der Waals surface area contributed by atoms with E-state index in [1.165, 1.54) is 11.9 Å². The van der Waals surface area contributed by atoms with E-state index in [2.05, 4.69) is 60.2 Å². The van der Waals surface area contributed by atoms with Crippen LogP contribution in [-0.4, -0.2) is 20.3 Å². The van der Waals surface area contributed by atoms with Gasteiger partial charge in [-0.05, 0) is 16.5 Å². The van der Waals surface area contributed by atoms with Crippen LogP contribution in [0.5, 0.6) is 0 Å². The third-order valence-electron chi connectivity index (χ3n) is 3.00. The fraction of sp³-hybridized carbons (Fsp3) is 0.429. The molecule has 0 radical (unpaired) electrons. The molecule has 1 heterocycles. The summed E-state index contributed by atoms with van der Waals surface area (Å²) in [6.07, 6.45) is 1.31. The smallest absolute Gasteiger partial charge is 0.153 e. The Kier molecular flexibility index (Phi) is 3.48. The first-order valence-electron chi connectivity index (χ1n) is 6.09. The second kappa shape index (κ2) is 4.90. The zero-order chi connectivity index (χ0) is 13.2. The molecule has 0 bridgehead atoms.